The molecule has 0 fully saturated rings. The van der Waals surface area contributed by atoms with Crippen LogP contribution in [0.5, 0.6) is 0 Å². The van der Waals surface area contributed by atoms with Crippen molar-refractivity contribution in [1.29, 1.82) is 0 Å². The highest BCUT2D eigenvalue weighted by atomic mass is 35.5. The number of alkyl halides is 3. The predicted molar refractivity (Wildman–Crippen MR) is 87.7 cm³/mol. The molecule has 0 radical (unpaired) electrons. The number of amides is 2. The van der Waals surface area contributed by atoms with Crippen LogP contribution in [0.1, 0.15) is 25.3 Å². The van der Waals surface area contributed by atoms with Gasteiger partial charge in [-0.15, -0.1) is 12.4 Å². The first-order valence-electron chi connectivity index (χ1n) is 7.06. The van der Waals surface area contributed by atoms with Crippen LogP contribution in [0.3, 0.4) is 0 Å². The number of carbonyl (C=O) groups excluding carboxylic acids is 2. The Kier molecular flexibility index (Phi) is 8.77. The zero-order valence-corrected chi connectivity index (χ0v) is 14.2. The van der Waals surface area contributed by atoms with Crippen molar-refractivity contribution >= 4 is 29.9 Å². The molecule has 0 aromatic heterocycles. The van der Waals surface area contributed by atoms with E-state index < -0.39 is 12.1 Å². The number of hydrogen-bond donors (Lipinski definition) is 2. The summed E-state index contributed by atoms with van der Waals surface area (Å²) in [5, 5.41) is 2.65. The van der Waals surface area contributed by atoms with Gasteiger partial charge >= 0.3 is 12.1 Å². The topological polar surface area (TPSA) is 75.4 Å². The summed E-state index contributed by atoms with van der Waals surface area (Å²) < 4.78 is 37.0. The Hall–Kier alpha value is -1.80. The average molecular weight is 368 g/mol. The molecule has 0 aliphatic rings. The first-order valence-corrected chi connectivity index (χ1v) is 7.06. The minimum Gasteiger partial charge on any atom is -0.334 e. The molecular formula is C15H21ClF3N3O2. The van der Waals surface area contributed by atoms with Gasteiger partial charge in [0.05, 0.1) is 0 Å². The van der Waals surface area contributed by atoms with Crippen molar-refractivity contribution in [2.24, 2.45) is 5.73 Å². The van der Waals surface area contributed by atoms with Crippen LogP contribution in [0.25, 0.3) is 0 Å². The van der Waals surface area contributed by atoms with Crippen molar-refractivity contribution in [2.45, 2.75) is 38.5 Å². The Balaban J connectivity index is 0.00000529. The zero-order valence-electron chi connectivity index (χ0n) is 13.4. The number of nitrogens with two attached hydrogens (primary N) is 1. The van der Waals surface area contributed by atoms with E-state index in [-0.39, 0.29) is 37.3 Å². The summed E-state index contributed by atoms with van der Waals surface area (Å²) in [6.45, 7) is 1.59. The van der Waals surface area contributed by atoms with Gasteiger partial charge in [-0.05, 0) is 31.0 Å². The van der Waals surface area contributed by atoms with Crippen LogP contribution in [-0.4, -0.2) is 36.0 Å². The Labute approximate surface area is 144 Å². The van der Waals surface area contributed by atoms with E-state index in [1.54, 1.807) is 25.1 Å². The van der Waals surface area contributed by atoms with Crippen LogP contribution in [0.15, 0.2) is 24.3 Å². The normalized spacial score (nSPS) is 12.1. The van der Waals surface area contributed by atoms with Gasteiger partial charge in [-0.1, -0.05) is 12.1 Å². The molecule has 0 aliphatic carbocycles. The van der Waals surface area contributed by atoms with E-state index in [1.165, 1.54) is 6.07 Å². The second-order valence-electron chi connectivity index (χ2n) is 5.42. The molecule has 1 aromatic rings. The van der Waals surface area contributed by atoms with E-state index in [0.29, 0.717) is 22.6 Å². The molecule has 2 amide bonds. The maximum atomic E-state index is 12.3. The van der Waals surface area contributed by atoms with E-state index in [9.17, 15) is 22.8 Å². The lowest BCUT2D eigenvalue weighted by Crippen LogP contribution is -2.37. The second kappa shape index (κ2) is 9.48. The number of nitrogens with zero attached hydrogens (tertiary/aromatic N) is 1. The molecule has 24 heavy (non-hydrogen) atoms. The van der Waals surface area contributed by atoms with Gasteiger partial charge in [0.1, 0.15) is 0 Å². The number of benzene rings is 1. The van der Waals surface area contributed by atoms with Gasteiger partial charge in [-0.25, -0.2) is 0 Å². The van der Waals surface area contributed by atoms with E-state index in [4.69, 9.17) is 5.73 Å². The van der Waals surface area contributed by atoms with Crippen molar-refractivity contribution in [2.75, 3.05) is 12.4 Å². The second-order valence-corrected chi connectivity index (χ2v) is 5.42. The quantitative estimate of drug-likeness (QED) is 0.811. The Morgan fingerprint density at radius 1 is 1.33 bits per heavy atom. The summed E-state index contributed by atoms with van der Waals surface area (Å²) in [4.78, 5) is 23.4. The first-order chi connectivity index (χ1) is 10.6. The largest absolute Gasteiger partial charge is 0.471 e. The molecule has 1 aromatic carbocycles. The number of anilines is 1. The number of hydrogen-bond acceptors (Lipinski definition) is 3. The third-order valence-electron chi connectivity index (χ3n) is 3.05. The lowest BCUT2D eigenvalue weighted by atomic mass is 10.1. The van der Waals surface area contributed by atoms with E-state index >= 15 is 0 Å². The fourth-order valence-electron chi connectivity index (χ4n) is 1.89. The first kappa shape index (κ1) is 22.2. The molecule has 1 unspecified atom stereocenters. The highest BCUT2D eigenvalue weighted by Gasteiger charge is 2.41. The molecule has 5 nitrogen and oxygen atoms in total. The van der Waals surface area contributed by atoms with Crippen LogP contribution in [0, 0.1) is 0 Å². The molecule has 136 valence electrons. The van der Waals surface area contributed by atoms with Gasteiger partial charge in [0, 0.05) is 31.7 Å². The summed E-state index contributed by atoms with van der Waals surface area (Å²) in [6.07, 6.45) is -4.11. The smallest absolute Gasteiger partial charge is 0.334 e. The maximum absolute atomic E-state index is 12.3. The van der Waals surface area contributed by atoms with Gasteiger partial charge in [-0.3, -0.25) is 9.59 Å². The SMILES string of the molecule is CC(N)CCC(=O)Nc1cccc(CN(C)C(=O)C(F)(F)F)c1.Cl. The third-order valence-corrected chi connectivity index (χ3v) is 3.05. The fraction of sp³-hybridized carbons (Fsp3) is 0.467. The van der Waals surface area contributed by atoms with Crippen LogP contribution in [0.4, 0.5) is 18.9 Å². The van der Waals surface area contributed by atoms with E-state index in [2.05, 4.69) is 5.32 Å². The van der Waals surface area contributed by atoms with Crippen molar-refractivity contribution in [3.63, 3.8) is 0 Å². The van der Waals surface area contributed by atoms with Crippen LogP contribution >= 0.6 is 12.4 Å². The van der Waals surface area contributed by atoms with Crippen molar-refractivity contribution in [1.82, 2.24) is 4.90 Å². The van der Waals surface area contributed by atoms with E-state index in [0.717, 1.165) is 7.05 Å². The maximum Gasteiger partial charge on any atom is 0.471 e. The third kappa shape index (κ3) is 7.65. The number of rotatable bonds is 6. The molecular weight excluding hydrogens is 347 g/mol. The van der Waals surface area contributed by atoms with Gasteiger partial charge in [0.25, 0.3) is 0 Å². The van der Waals surface area contributed by atoms with Crippen LogP contribution in [0.2, 0.25) is 0 Å². The van der Waals surface area contributed by atoms with Gasteiger partial charge in [-0.2, -0.15) is 13.2 Å². The molecule has 0 bridgehead atoms. The van der Waals surface area contributed by atoms with Gasteiger partial charge < -0.3 is 16.0 Å². The summed E-state index contributed by atoms with van der Waals surface area (Å²) in [7, 11) is 1.07. The average Bonchev–Trinajstić information content (AvgIpc) is 2.43. The summed E-state index contributed by atoms with van der Waals surface area (Å²) in [6, 6.07) is 6.25. The highest BCUT2D eigenvalue weighted by Crippen LogP contribution is 2.20. The lowest BCUT2D eigenvalue weighted by molar-refractivity contribution is -0.184. The van der Waals surface area contributed by atoms with Crippen LogP contribution in [-0.2, 0) is 16.1 Å². The van der Waals surface area contributed by atoms with Crippen LogP contribution < -0.4 is 11.1 Å². The highest BCUT2D eigenvalue weighted by molar-refractivity contribution is 5.90. The minimum atomic E-state index is -4.90. The summed E-state index contributed by atoms with van der Waals surface area (Å²) in [5.41, 5.74) is 6.51. The molecule has 0 spiro atoms. The number of halogens is 4. The standard InChI is InChI=1S/C15H20F3N3O2.ClH/c1-10(19)6-7-13(22)20-12-5-3-4-11(8-12)9-21(2)14(23)15(16,17)18;/h3-5,8,10H,6-7,9,19H2,1-2H3,(H,20,22);1H. The monoisotopic (exact) mass is 367 g/mol. The Morgan fingerprint density at radius 3 is 2.50 bits per heavy atom. The summed E-state index contributed by atoms with van der Waals surface area (Å²) in [5.74, 6) is -2.14. The molecule has 1 rings (SSSR count). The molecule has 3 N–H and O–H groups in total. The molecule has 0 aliphatic heterocycles. The number of nitrogens with one attached hydrogen (secondary N) is 1. The Bertz CT molecular complexity index is 565. The molecule has 9 heteroatoms. The summed E-state index contributed by atoms with van der Waals surface area (Å²) >= 11 is 0. The zero-order chi connectivity index (χ0) is 17.6. The fourth-order valence-corrected chi connectivity index (χ4v) is 1.89. The van der Waals surface area contributed by atoms with Gasteiger partial charge in [0.2, 0.25) is 5.91 Å². The molecule has 1 atom stereocenters. The minimum absolute atomic E-state index is 0. The Morgan fingerprint density at radius 2 is 1.96 bits per heavy atom. The van der Waals surface area contributed by atoms with Crippen molar-refractivity contribution in [3.8, 4) is 0 Å². The molecule has 0 heterocycles. The van der Waals surface area contributed by atoms with Crippen molar-refractivity contribution in [3.05, 3.63) is 29.8 Å². The molecule has 0 saturated carbocycles. The lowest BCUT2D eigenvalue weighted by Gasteiger charge is -2.19. The van der Waals surface area contributed by atoms with Gasteiger partial charge in [0.15, 0.2) is 0 Å². The molecule has 0 saturated heterocycles. The number of carbonyl (C=O) groups is 2. The van der Waals surface area contributed by atoms with Crippen molar-refractivity contribution < 1.29 is 22.8 Å². The van der Waals surface area contributed by atoms with E-state index in [1.807, 2.05) is 0 Å². The predicted octanol–water partition coefficient (Wildman–Crippen LogP) is 2.70.